The van der Waals surface area contributed by atoms with Crippen LogP contribution in [-0.2, 0) is 76.4 Å². The zero-order valence-electron chi connectivity index (χ0n) is 63.0. The van der Waals surface area contributed by atoms with Gasteiger partial charge in [0.25, 0.3) is 0 Å². The highest BCUT2D eigenvalue weighted by atomic mass is 32.2. The Morgan fingerprint density at radius 2 is 0.794 bits per heavy atom. The average Bonchev–Trinajstić information content (AvgIpc) is 0.839. The maximum atomic E-state index is 14.3. The summed E-state index contributed by atoms with van der Waals surface area (Å²) in [6, 6.07) is -5.41. The van der Waals surface area contributed by atoms with E-state index in [1.807, 2.05) is 0 Å². The third-order valence-electron chi connectivity index (χ3n) is 15.2. The number of hydrogen-bond acceptors (Lipinski definition) is 18. The van der Waals surface area contributed by atoms with Crippen molar-refractivity contribution in [2.75, 3.05) is 37.7 Å². The van der Waals surface area contributed by atoms with Gasteiger partial charge >= 0.3 is 23.9 Å². The highest BCUT2D eigenvalue weighted by molar-refractivity contribution is 7.99. The number of unbranched alkanes of at least 4 members (excludes halogenated alkanes) is 24. The molecule has 7 atom stereocenters. The van der Waals surface area contributed by atoms with Gasteiger partial charge in [-0.25, -0.2) is 4.79 Å². The monoisotopic (exact) mass is 1400 g/mol. The average molecular weight is 1400 g/mol. The van der Waals surface area contributed by atoms with E-state index in [2.05, 4.69) is 45.7 Å². The van der Waals surface area contributed by atoms with Crippen molar-refractivity contribution in [1.29, 1.82) is 0 Å². The number of thioether (sulfide) groups is 1. The number of esters is 4. The number of rotatable bonds is 55. The normalized spacial score (nSPS) is 14.1. The standard InChI is InChI=1S/C73H135N7O16S/c1-17-19-21-23-25-27-29-31-33-35-37-39-41-43-61(84)91-50-55(92-62(85)44-42-40-38-36-34-32-30-28-26-24-22-20-18-2)51-97-52-56(74)66(87)77-48-59(82)75-47-58(81)76-49-60(83)78-57(45-46-63(86)95-72(11,12)13)67(88)79-64(53(3)93-70(5,6)7)68(89)80-65(54(4)94-71(8,9)10)69(90)96-73(14,15)16/h53-57,64-65H,17-52,74H2,1-16H3,(H,75,82)(H,76,81)(H,77,87)(H,78,83)(H,79,88)(H,80,89)/t53-,54-,55+,56+,57+,64+,65+/m1/s1. The molecule has 0 aliphatic heterocycles. The van der Waals surface area contributed by atoms with Gasteiger partial charge in [0.1, 0.15) is 36.0 Å². The zero-order valence-corrected chi connectivity index (χ0v) is 63.8. The molecule has 0 aromatic carbocycles. The third-order valence-corrected chi connectivity index (χ3v) is 16.4. The summed E-state index contributed by atoms with van der Waals surface area (Å²) >= 11 is 1.23. The van der Waals surface area contributed by atoms with Crippen LogP contribution in [-0.4, -0.2) is 162 Å². The first-order chi connectivity index (χ1) is 45.4. The molecule has 564 valence electrons. The first-order valence-corrected chi connectivity index (χ1v) is 37.8. The Morgan fingerprint density at radius 1 is 0.402 bits per heavy atom. The van der Waals surface area contributed by atoms with Crippen LogP contribution in [0.25, 0.3) is 0 Å². The molecule has 8 N–H and O–H groups in total. The molecule has 0 unspecified atom stereocenters. The van der Waals surface area contributed by atoms with Crippen LogP contribution in [0, 0.1) is 0 Å². The van der Waals surface area contributed by atoms with E-state index >= 15 is 0 Å². The topological polar surface area (TPSA) is 324 Å². The third kappa shape index (κ3) is 53.5. The van der Waals surface area contributed by atoms with E-state index in [0.717, 1.165) is 38.5 Å². The summed E-state index contributed by atoms with van der Waals surface area (Å²) in [4.78, 5) is 133. The van der Waals surface area contributed by atoms with Crippen LogP contribution in [0.15, 0.2) is 0 Å². The maximum Gasteiger partial charge on any atom is 0.331 e. The number of hydrogen-bond donors (Lipinski definition) is 7. The quantitative estimate of drug-likeness (QED) is 0.0169. The molecule has 0 saturated carbocycles. The maximum absolute atomic E-state index is 14.3. The van der Waals surface area contributed by atoms with Crippen molar-refractivity contribution in [2.24, 2.45) is 5.73 Å². The highest BCUT2D eigenvalue weighted by Gasteiger charge is 2.39. The molecule has 0 saturated heterocycles. The van der Waals surface area contributed by atoms with Crippen LogP contribution in [0.3, 0.4) is 0 Å². The molecular weight excluding hydrogens is 1260 g/mol. The zero-order chi connectivity index (χ0) is 73.5. The number of nitrogens with one attached hydrogen (secondary N) is 6. The molecule has 6 amide bonds. The Bertz CT molecular complexity index is 2260. The molecule has 0 aromatic heterocycles. The van der Waals surface area contributed by atoms with Crippen molar-refractivity contribution >= 4 is 71.1 Å². The first-order valence-electron chi connectivity index (χ1n) is 36.7. The summed E-state index contributed by atoms with van der Waals surface area (Å²) < 4.78 is 34.7. The Hall–Kier alpha value is -5.07. The molecule has 0 bridgehead atoms. The number of amides is 6. The minimum atomic E-state index is -1.49. The van der Waals surface area contributed by atoms with E-state index in [1.54, 1.807) is 96.9 Å². The van der Waals surface area contributed by atoms with Crippen LogP contribution >= 0.6 is 11.8 Å². The predicted molar refractivity (Wildman–Crippen MR) is 383 cm³/mol. The van der Waals surface area contributed by atoms with E-state index in [1.165, 1.54) is 127 Å². The molecule has 24 heteroatoms. The smallest absolute Gasteiger partial charge is 0.331 e. The van der Waals surface area contributed by atoms with E-state index in [4.69, 9.17) is 34.2 Å². The molecule has 97 heavy (non-hydrogen) atoms. The molecule has 0 aliphatic rings. The fraction of sp³-hybridized carbons (Fsp3) is 0.863. The molecular formula is C73H135N7O16S. The lowest BCUT2D eigenvalue weighted by atomic mass is 10.0. The van der Waals surface area contributed by atoms with Crippen molar-refractivity contribution in [3.8, 4) is 0 Å². The summed E-state index contributed by atoms with van der Waals surface area (Å²) in [5.41, 5.74) is 2.82. The fourth-order valence-electron chi connectivity index (χ4n) is 10.4. The van der Waals surface area contributed by atoms with Crippen LogP contribution < -0.4 is 37.6 Å². The second kappa shape index (κ2) is 52.0. The van der Waals surface area contributed by atoms with E-state index in [-0.39, 0.29) is 55.7 Å². The number of nitrogens with two attached hydrogens (primary N) is 1. The van der Waals surface area contributed by atoms with Gasteiger partial charge < -0.3 is 66.1 Å². The summed E-state index contributed by atoms with van der Waals surface area (Å²) in [6.07, 6.45) is 27.9. The number of carbonyl (C=O) groups excluding carboxylic acids is 10. The van der Waals surface area contributed by atoms with Crippen molar-refractivity contribution < 1.29 is 76.4 Å². The Labute approximate surface area is 588 Å². The van der Waals surface area contributed by atoms with Gasteiger partial charge in [-0.1, -0.05) is 168 Å². The molecule has 0 spiro atoms. The van der Waals surface area contributed by atoms with Crippen molar-refractivity contribution in [3.05, 3.63) is 0 Å². The van der Waals surface area contributed by atoms with Crippen LogP contribution in [0.5, 0.6) is 0 Å². The molecule has 0 fully saturated rings. The second-order valence-corrected chi connectivity index (χ2v) is 30.9. The van der Waals surface area contributed by atoms with Gasteiger partial charge in [0.2, 0.25) is 35.4 Å². The number of ether oxygens (including phenoxy) is 6. The van der Waals surface area contributed by atoms with Crippen molar-refractivity contribution in [2.45, 2.75) is 368 Å². The molecule has 0 rings (SSSR count). The summed E-state index contributed by atoms with van der Waals surface area (Å²) in [6.45, 7) is 26.2. The van der Waals surface area contributed by atoms with E-state index in [9.17, 15) is 47.9 Å². The molecule has 0 aliphatic carbocycles. The number of carbonyl (C=O) groups is 10. The Balaban J connectivity index is 5.67. The minimum absolute atomic E-state index is 0.0746. The van der Waals surface area contributed by atoms with Gasteiger partial charge in [-0.2, -0.15) is 11.8 Å². The van der Waals surface area contributed by atoms with Crippen LogP contribution in [0.4, 0.5) is 0 Å². The lowest BCUT2D eigenvalue weighted by Gasteiger charge is -2.35. The van der Waals surface area contributed by atoms with Gasteiger partial charge in [-0.05, 0) is 116 Å². The summed E-state index contributed by atoms with van der Waals surface area (Å²) in [5.74, 6) is -6.81. The van der Waals surface area contributed by atoms with Crippen molar-refractivity contribution in [1.82, 2.24) is 31.9 Å². The fourth-order valence-corrected chi connectivity index (χ4v) is 11.4. The summed E-state index contributed by atoms with van der Waals surface area (Å²) in [5, 5.41) is 15.0. The first kappa shape index (κ1) is 91.9. The van der Waals surface area contributed by atoms with Crippen molar-refractivity contribution in [3.63, 3.8) is 0 Å². The van der Waals surface area contributed by atoms with E-state index < -0.39 is 132 Å². The predicted octanol–water partition coefficient (Wildman–Crippen LogP) is 11.1. The lowest BCUT2D eigenvalue weighted by molar-refractivity contribution is -0.167. The molecule has 0 radical (unpaired) electrons. The molecule has 0 aromatic rings. The largest absolute Gasteiger partial charge is 0.462 e. The lowest BCUT2D eigenvalue weighted by Crippen LogP contribution is -2.62. The van der Waals surface area contributed by atoms with E-state index in [0.29, 0.717) is 12.8 Å². The van der Waals surface area contributed by atoms with Gasteiger partial charge in [0.15, 0.2) is 6.04 Å². The minimum Gasteiger partial charge on any atom is -0.462 e. The van der Waals surface area contributed by atoms with Gasteiger partial charge in [0.05, 0.1) is 49.1 Å². The molecule has 0 heterocycles. The van der Waals surface area contributed by atoms with Crippen LogP contribution in [0.2, 0.25) is 0 Å². The second-order valence-electron chi connectivity index (χ2n) is 29.8. The Morgan fingerprint density at radius 3 is 1.23 bits per heavy atom. The SMILES string of the molecule is CCCCCCCCCCCCCCCC(=O)OC[C@@H](CSC[C@H](N)C(=O)NCC(=O)NCC(=O)NCC(=O)N[C@@H](CCC(=O)OC(C)(C)C)C(=O)N[C@H](C(=O)N[C@H](C(=O)OC(C)(C)C)[C@@H](C)OC(C)(C)C)[C@@H](C)OC(C)(C)C)OC(=O)CCCCCCCCCCCCCCC. The summed E-state index contributed by atoms with van der Waals surface area (Å²) in [7, 11) is 0. The Kier molecular flexibility index (Phi) is 49.3. The van der Waals surface area contributed by atoms with Gasteiger partial charge in [-0.3, -0.25) is 43.2 Å². The van der Waals surface area contributed by atoms with Gasteiger partial charge in [-0.15, -0.1) is 0 Å². The molecule has 23 nitrogen and oxygen atoms in total. The highest BCUT2D eigenvalue weighted by Crippen LogP contribution is 2.21. The van der Waals surface area contributed by atoms with Crippen LogP contribution in [0.1, 0.15) is 303 Å². The van der Waals surface area contributed by atoms with Gasteiger partial charge in [0, 0.05) is 30.8 Å².